The number of Topliss-reactive ketones (excluding diaryl/α,β-unsaturated/α-hetero) is 1. The van der Waals surface area contributed by atoms with Crippen LogP contribution in [0.3, 0.4) is 0 Å². The molecule has 0 spiro atoms. The van der Waals surface area contributed by atoms with Crippen LogP contribution in [0.4, 0.5) is 0 Å². The molecule has 0 saturated heterocycles. The molecule has 1 heterocycles. The summed E-state index contributed by atoms with van der Waals surface area (Å²) in [5.74, 6) is 1.81. The van der Waals surface area contributed by atoms with E-state index in [4.69, 9.17) is 4.74 Å². The van der Waals surface area contributed by atoms with E-state index in [0.29, 0.717) is 16.8 Å². The molecule has 2 nitrogen and oxygen atoms in total. The molecule has 17 heavy (non-hydrogen) atoms. The van der Waals surface area contributed by atoms with E-state index in [1.54, 1.807) is 18.9 Å². The van der Waals surface area contributed by atoms with E-state index in [9.17, 15) is 4.79 Å². The zero-order valence-electron chi connectivity index (χ0n) is 9.95. The van der Waals surface area contributed by atoms with E-state index in [1.165, 1.54) is 11.1 Å². The molecule has 0 amide bonds. The summed E-state index contributed by atoms with van der Waals surface area (Å²) in [6.45, 7) is 2.17. The van der Waals surface area contributed by atoms with Gasteiger partial charge in [-0.2, -0.15) is 0 Å². The first-order valence-corrected chi connectivity index (χ1v) is 6.81. The highest BCUT2D eigenvalue weighted by atomic mass is 32.2. The second-order valence-corrected chi connectivity index (χ2v) is 5.77. The standard InChI is InChI=1S/C14H14O2S/c1-8-13-10(11(15)7-17-8)6-9-4-3-5-12(16-2)14(9)13/h3-5,8H,6-7H2,1-2H3. The summed E-state index contributed by atoms with van der Waals surface area (Å²) in [5, 5.41) is 0.389. The molecule has 1 aromatic carbocycles. The lowest BCUT2D eigenvalue weighted by Gasteiger charge is -2.21. The fourth-order valence-electron chi connectivity index (χ4n) is 2.70. The maximum atomic E-state index is 12.0. The average molecular weight is 246 g/mol. The minimum atomic E-state index is 0.293. The summed E-state index contributed by atoms with van der Waals surface area (Å²) >= 11 is 1.72. The number of ether oxygens (including phenoxy) is 1. The zero-order valence-corrected chi connectivity index (χ0v) is 10.8. The Morgan fingerprint density at radius 2 is 2.24 bits per heavy atom. The van der Waals surface area contributed by atoms with E-state index >= 15 is 0 Å². The van der Waals surface area contributed by atoms with Crippen LogP contribution < -0.4 is 4.74 Å². The van der Waals surface area contributed by atoms with Crippen molar-refractivity contribution in [3.63, 3.8) is 0 Å². The third-order valence-corrected chi connectivity index (χ3v) is 4.67. The number of ketones is 1. The number of benzene rings is 1. The Hall–Kier alpha value is -1.22. The third-order valence-electron chi connectivity index (χ3n) is 3.50. The first kappa shape index (κ1) is 10.9. The molecule has 88 valence electrons. The topological polar surface area (TPSA) is 26.3 Å². The van der Waals surface area contributed by atoms with Crippen molar-refractivity contribution < 1.29 is 9.53 Å². The number of methoxy groups -OCH3 is 1. The third kappa shape index (κ3) is 1.53. The van der Waals surface area contributed by atoms with Gasteiger partial charge in [-0.3, -0.25) is 4.79 Å². The smallest absolute Gasteiger partial charge is 0.169 e. The quantitative estimate of drug-likeness (QED) is 0.762. The van der Waals surface area contributed by atoms with E-state index in [2.05, 4.69) is 13.0 Å². The van der Waals surface area contributed by atoms with Crippen LogP contribution in [0.5, 0.6) is 5.75 Å². The Balaban J connectivity index is 2.22. The lowest BCUT2D eigenvalue weighted by molar-refractivity contribution is -0.113. The van der Waals surface area contributed by atoms with Crippen LogP contribution in [0, 0.1) is 0 Å². The van der Waals surface area contributed by atoms with Crippen LogP contribution in [0.25, 0.3) is 5.57 Å². The maximum absolute atomic E-state index is 12.0. The summed E-state index contributed by atoms with van der Waals surface area (Å²) in [7, 11) is 1.69. The van der Waals surface area contributed by atoms with Crippen molar-refractivity contribution in [2.24, 2.45) is 0 Å². The average Bonchev–Trinajstić information content (AvgIpc) is 2.74. The molecule has 0 bridgehead atoms. The van der Waals surface area contributed by atoms with Gasteiger partial charge in [-0.15, -0.1) is 11.8 Å². The minimum Gasteiger partial charge on any atom is -0.496 e. The van der Waals surface area contributed by atoms with Crippen molar-refractivity contribution in [2.75, 3.05) is 12.9 Å². The second kappa shape index (κ2) is 3.91. The van der Waals surface area contributed by atoms with Gasteiger partial charge in [0.2, 0.25) is 0 Å². The van der Waals surface area contributed by atoms with Gasteiger partial charge in [0, 0.05) is 22.8 Å². The highest BCUT2D eigenvalue weighted by Crippen LogP contribution is 2.46. The molecule has 3 heteroatoms. The van der Waals surface area contributed by atoms with Crippen LogP contribution in [0.15, 0.2) is 23.8 Å². The van der Waals surface area contributed by atoms with Crippen molar-refractivity contribution in [3.05, 3.63) is 34.9 Å². The number of hydrogen-bond donors (Lipinski definition) is 0. The van der Waals surface area contributed by atoms with Gasteiger partial charge in [0.05, 0.1) is 12.9 Å². The Kier molecular flexibility index (Phi) is 2.51. The number of fused-ring (bicyclic) bond motifs is 2. The summed E-state index contributed by atoms with van der Waals surface area (Å²) in [6, 6.07) is 6.07. The number of carbonyl (C=O) groups excluding carboxylic acids is 1. The largest absolute Gasteiger partial charge is 0.496 e. The normalized spacial score (nSPS) is 22.5. The summed E-state index contributed by atoms with van der Waals surface area (Å²) in [5.41, 5.74) is 4.62. The lowest BCUT2D eigenvalue weighted by Crippen LogP contribution is -2.17. The summed E-state index contributed by atoms with van der Waals surface area (Å²) in [4.78, 5) is 12.0. The number of thioether (sulfide) groups is 1. The molecule has 0 aromatic heterocycles. The summed E-state index contributed by atoms with van der Waals surface area (Å²) in [6.07, 6.45) is 0.783. The van der Waals surface area contributed by atoms with Crippen LogP contribution in [0.1, 0.15) is 18.1 Å². The highest BCUT2D eigenvalue weighted by molar-refractivity contribution is 8.01. The van der Waals surface area contributed by atoms with Crippen LogP contribution in [-0.2, 0) is 11.2 Å². The summed E-state index contributed by atoms with van der Waals surface area (Å²) < 4.78 is 5.43. The molecule has 0 saturated carbocycles. The second-order valence-electron chi connectivity index (χ2n) is 4.44. The van der Waals surface area contributed by atoms with E-state index in [0.717, 1.165) is 23.3 Å². The Bertz CT molecular complexity index is 531. The van der Waals surface area contributed by atoms with E-state index < -0.39 is 0 Å². The molecule has 1 atom stereocenters. The minimum absolute atomic E-state index is 0.293. The number of rotatable bonds is 1. The Labute approximate surface area is 105 Å². The van der Waals surface area contributed by atoms with Crippen LogP contribution in [-0.4, -0.2) is 23.9 Å². The molecule has 2 aliphatic rings. The number of hydrogen-bond acceptors (Lipinski definition) is 3. The SMILES string of the molecule is COc1cccc2c1C1=C(C2)C(=O)CSC1C. The Morgan fingerprint density at radius 3 is 3.00 bits per heavy atom. The maximum Gasteiger partial charge on any atom is 0.169 e. The van der Waals surface area contributed by atoms with Gasteiger partial charge in [0.25, 0.3) is 0 Å². The monoisotopic (exact) mass is 246 g/mol. The van der Waals surface area contributed by atoms with Crippen molar-refractivity contribution in [1.29, 1.82) is 0 Å². The molecule has 0 N–H and O–H groups in total. The molecule has 0 fully saturated rings. The molecule has 3 rings (SSSR count). The first-order valence-electron chi connectivity index (χ1n) is 5.76. The molecule has 1 unspecified atom stereocenters. The van der Waals surface area contributed by atoms with Crippen LogP contribution >= 0.6 is 11.8 Å². The van der Waals surface area contributed by atoms with Gasteiger partial charge in [-0.1, -0.05) is 12.1 Å². The Morgan fingerprint density at radius 1 is 1.41 bits per heavy atom. The first-order chi connectivity index (χ1) is 8.22. The fraction of sp³-hybridized carbons (Fsp3) is 0.357. The molecule has 1 aliphatic carbocycles. The molecular formula is C14H14O2S. The lowest BCUT2D eigenvalue weighted by atomic mass is 10.0. The molecule has 0 radical (unpaired) electrons. The van der Waals surface area contributed by atoms with Gasteiger partial charge in [0.1, 0.15) is 5.75 Å². The van der Waals surface area contributed by atoms with Gasteiger partial charge >= 0.3 is 0 Å². The van der Waals surface area contributed by atoms with Crippen molar-refractivity contribution in [1.82, 2.24) is 0 Å². The van der Waals surface area contributed by atoms with E-state index in [-0.39, 0.29) is 0 Å². The zero-order chi connectivity index (χ0) is 12.0. The van der Waals surface area contributed by atoms with Crippen molar-refractivity contribution in [2.45, 2.75) is 18.6 Å². The van der Waals surface area contributed by atoms with Gasteiger partial charge in [-0.05, 0) is 24.1 Å². The number of allylic oxidation sites excluding steroid dienone is 1. The van der Waals surface area contributed by atoms with Gasteiger partial charge in [0.15, 0.2) is 5.78 Å². The molecular weight excluding hydrogens is 232 g/mol. The van der Waals surface area contributed by atoms with Crippen LogP contribution in [0.2, 0.25) is 0 Å². The molecule has 1 aromatic rings. The van der Waals surface area contributed by atoms with Gasteiger partial charge in [-0.25, -0.2) is 0 Å². The molecule has 1 aliphatic heterocycles. The predicted octanol–water partition coefficient (Wildman–Crippen LogP) is 2.71. The van der Waals surface area contributed by atoms with Crippen molar-refractivity contribution >= 4 is 23.1 Å². The highest BCUT2D eigenvalue weighted by Gasteiger charge is 2.34. The fourth-order valence-corrected chi connectivity index (χ4v) is 3.71. The van der Waals surface area contributed by atoms with E-state index in [1.807, 2.05) is 12.1 Å². The number of carbonyl (C=O) groups is 1. The van der Waals surface area contributed by atoms with Crippen molar-refractivity contribution in [3.8, 4) is 5.75 Å². The van der Waals surface area contributed by atoms with Gasteiger partial charge < -0.3 is 4.74 Å². The predicted molar refractivity (Wildman–Crippen MR) is 70.5 cm³/mol.